The summed E-state index contributed by atoms with van der Waals surface area (Å²) in [5.74, 6) is 4.48. The minimum absolute atomic E-state index is 0.337. The largest absolute Gasteiger partial charge is 0.481 e. The first kappa shape index (κ1) is 24.4. The Bertz CT molecular complexity index is 276. The number of carbonyl (C=O) groups is 1. The van der Waals surface area contributed by atoms with Crippen LogP contribution in [0.1, 0.15) is 116 Å². The van der Waals surface area contributed by atoms with Crippen molar-refractivity contribution >= 4 is 5.97 Å². The normalized spacial score (nSPS) is 11.1. The maximum Gasteiger partial charge on any atom is 0.303 e. The van der Waals surface area contributed by atoms with Gasteiger partial charge in [0, 0.05) is 13.0 Å². The summed E-state index contributed by atoms with van der Waals surface area (Å²) in [6, 6.07) is 0. The number of aliphatic carboxylic acids is 1. The van der Waals surface area contributed by atoms with E-state index in [9.17, 15) is 4.79 Å². The molecule has 5 nitrogen and oxygen atoms in total. The molecular formula is C20H43N3O2. The summed E-state index contributed by atoms with van der Waals surface area (Å²) in [5.41, 5.74) is 5.37. The van der Waals surface area contributed by atoms with Gasteiger partial charge in [-0.1, -0.05) is 96.3 Å². The number of carboxylic acids is 1. The van der Waals surface area contributed by atoms with Crippen LogP contribution < -0.4 is 16.8 Å². The highest BCUT2D eigenvalue weighted by molar-refractivity contribution is 5.66. The molecule has 5 N–H and O–H groups in total. The van der Waals surface area contributed by atoms with Crippen molar-refractivity contribution < 1.29 is 9.90 Å². The average Bonchev–Trinajstić information content (AvgIpc) is 2.60. The lowest BCUT2D eigenvalue weighted by Gasteiger charge is -2.04. The third-order valence-corrected chi connectivity index (χ3v) is 4.79. The van der Waals surface area contributed by atoms with E-state index in [-0.39, 0.29) is 0 Å². The molecule has 0 aromatic heterocycles. The van der Waals surface area contributed by atoms with E-state index in [4.69, 9.17) is 10.9 Å². The van der Waals surface area contributed by atoms with Gasteiger partial charge in [0.1, 0.15) is 0 Å². The van der Waals surface area contributed by atoms with Crippen LogP contribution in [0.5, 0.6) is 0 Å². The molecular weight excluding hydrogens is 314 g/mol. The fraction of sp³-hybridized carbons (Fsp3) is 0.950. The number of hydrogen-bond donors (Lipinski definition) is 4. The van der Waals surface area contributed by atoms with E-state index >= 15 is 0 Å². The molecule has 0 rings (SSSR count). The van der Waals surface area contributed by atoms with Gasteiger partial charge in [-0.15, -0.1) is 0 Å². The predicted octanol–water partition coefficient (Wildman–Crippen LogP) is 5.06. The number of carboxylic acid groups (broad SMARTS) is 1. The van der Waals surface area contributed by atoms with Gasteiger partial charge in [0.05, 0.1) is 0 Å². The zero-order chi connectivity index (χ0) is 18.4. The Hall–Kier alpha value is -0.650. The molecule has 0 saturated carbocycles. The van der Waals surface area contributed by atoms with E-state index in [1.54, 1.807) is 0 Å². The number of hydrazine groups is 2. The van der Waals surface area contributed by atoms with E-state index in [1.807, 2.05) is 0 Å². The third kappa shape index (κ3) is 23.4. The number of nitrogens with one attached hydrogen (secondary N) is 2. The fourth-order valence-electron chi connectivity index (χ4n) is 3.21. The smallest absolute Gasteiger partial charge is 0.303 e. The zero-order valence-electron chi connectivity index (χ0n) is 16.4. The molecule has 25 heavy (non-hydrogen) atoms. The first-order chi connectivity index (χ1) is 12.3. The molecule has 0 amide bonds. The lowest BCUT2D eigenvalue weighted by atomic mass is 10.0. The van der Waals surface area contributed by atoms with Crippen molar-refractivity contribution in [2.45, 2.75) is 116 Å². The molecule has 0 aliphatic carbocycles. The van der Waals surface area contributed by atoms with Crippen LogP contribution in [0.15, 0.2) is 0 Å². The van der Waals surface area contributed by atoms with Crippen molar-refractivity contribution in [1.29, 1.82) is 0 Å². The number of rotatable bonds is 21. The first-order valence-electron chi connectivity index (χ1n) is 10.7. The molecule has 0 heterocycles. The van der Waals surface area contributed by atoms with Gasteiger partial charge in [-0.2, -0.15) is 5.53 Å². The molecule has 0 fully saturated rings. The van der Waals surface area contributed by atoms with Crippen molar-refractivity contribution in [1.82, 2.24) is 11.0 Å². The maximum atomic E-state index is 10.4. The predicted molar refractivity (Wildman–Crippen MR) is 106 cm³/mol. The van der Waals surface area contributed by atoms with Crippen molar-refractivity contribution in [3.05, 3.63) is 0 Å². The van der Waals surface area contributed by atoms with Crippen LogP contribution in [0, 0.1) is 0 Å². The quantitative estimate of drug-likeness (QED) is 0.131. The van der Waals surface area contributed by atoms with Gasteiger partial charge in [0.15, 0.2) is 0 Å². The van der Waals surface area contributed by atoms with E-state index in [0.29, 0.717) is 6.42 Å². The molecule has 0 bridgehead atoms. The summed E-state index contributed by atoms with van der Waals surface area (Å²) in [7, 11) is 0. The van der Waals surface area contributed by atoms with Gasteiger partial charge in [-0.25, -0.2) is 5.43 Å². The standard InChI is InChI=1S/C20H43N3O2/c21-23-22-19-17-15-13-11-9-7-5-3-1-2-4-6-8-10-12-14-16-18-20(24)25/h22-23H,1-19,21H2,(H,24,25). The first-order valence-corrected chi connectivity index (χ1v) is 10.7. The second kappa shape index (κ2) is 21.4. The summed E-state index contributed by atoms with van der Waals surface area (Å²) >= 11 is 0. The van der Waals surface area contributed by atoms with Crippen LogP contribution in [-0.2, 0) is 4.79 Å². The number of nitrogens with two attached hydrogens (primary N) is 1. The van der Waals surface area contributed by atoms with Gasteiger partial charge in [0.25, 0.3) is 0 Å². The van der Waals surface area contributed by atoms with Crippen molar-refractivity contribution in [3.8, 4) is 0 Å². The highest BCUT2D eigenvalue weighted by atomic mass is 16.4. The third-order valence-electron chi connectivity index (χ3n) is 4.79. The van der Waals surface area contributed by atoms with Crippen molar-refractivity contribution in [2.75, 3.05) is 6.54 Å². The highest BCUT2D eigenvalue weighted by Gasteiger charge is 1.97. The van der Waals surface area contributed by atoms with Crippen LogP contribution in [0.25, 0.3) is 0 Å². The average molecular weight is 358 g/mol. The van der Waals surface area contributed by atoms with Crippen molar-refractivity contribution in [2.24, 2.45) is 5.84 Å². The summed E-state index contributed by atoms with van der Waals surface area (Å²) in [6.45, 7) is 0.960. The summed E-state index contributed by atoms with van der Waals surface area (Å²) in [4.78, 5) is 10.4. The van der Waals surface area contributed by atoms with Crippen LogP contribution in [0.4, 0.5) is 0 Å². The summed E-state index contributed by atoms with van der Waals surface area (Å²) < 4.78 is 0. The van der Waals surface area contributed by atoms with E-state index in [2.05, 4.69) is 11.0 Å². The Morgan fingerprint density at radius 2 is 0.920 bits per heavy atom. The minimum atomic E-state index is -0.659. The van der Waals surface area contributed by atoms with Gasteiger partial charge in [0.2, 0.25) is 0 Å². The highest BCUT2D eigenvalue weighted by Crippen LogP contribution is 2.14. The Morgan fingerprint density at radius 3 is 1.24 bits per heavy atom. The van der Waals surface area contributed by atoms with Gasteiger partial charge >= 0.3 is 5.97 Å². The Balaban J connectivity index is 2.97. The lowest BCUT2D eigenvalue weighted by Crippen LogP contribution is -2.38. The topological polar surface area (TPSA) is 87.4 Å². The van der Waals surface area contributed by atoms with Crippen LogP contribution in [0.2, 0.25) is 0 Å². The molecule has 0 aromatic carbocycles. The molecule has 0 atom stereocenters. The van der Waals surface area contributed by atoms with Crippen LogP contribution >= 0.6 is 0 Å². The van der Waals surface area contributed by atoms with Gasteiger partial charge in [-0.3, -0.25) is 10.6 Å². The lowest BCUT2D eigenvalue weighted by molar-refractivity contribution is -0.137. The molecule has 0 aromatic rings. The molecule has 0 unspecified atom stereocenters. The fourth-order valence-corrected chi connectivity index (χ4v) is 3.21. The monoisotopic (exact) mass is 357 g/mol. The Labute approximate surface area is 155 Å². The minimum Gasteiger partial charge on any atom is -0.481 e. The molecule has 5 heteroatoms. The van der Waals surface area contributed by atoms with E-state index in [0.717, 1.165) is 19.4 Å². The summed E-state index contributed by atoms with van der Waals surface area (Å²) in [5, 5.41) is 8.56. The molecule has 0 spiro atoms. The molecule has 0 radical (unpaired) electrons. The van der Waals surface area contributed by atoms with Gasteiger partial charge < -0.3 is 5.11 Å². The zero-order valence-corrected chi connectivity index (χ0v) is 16.4. The van der Waals surface area contributed by atoms with Crippen LogP contribution in [0.3, 0.4) is 0 Å². The second-order valence-corrected chi connectivity index (χ2v) is 7.23. The van der Waals surface area contributed by atoms with Crippen molar-refractivity contribution in [3.63, 3.8) is 0 Å². The molecule has 150 valence electrons. The Kier molecular flexibility index (Phi) is 20.8. The van der Waals surface area contributed by atoms with E-state index < -0.39 is 5.97 Å². The van der Waals surface area contributed by atoms with Gasteiger partial charge in [-0.05, 0) is 12.8 Å². The number of unbranched alkanes of at least 4 members (excludes halogenated alkanes) is 16. The maximum absolute atomic E-state index is 10.4. The number of hydrogen-bond acceptors (Lipinski definition) is 4. The van der Waals surface area contributed by atoms with Crippen LogP contribution in [-0.4, -0.2) is 17.6 Å². The Morgan fingerprint density at radius 1 is 0.600 bits per heavy atom. The SMILES string of the molecule is NNNCCCCCCCCCCCCCCCCCCCC(=O)O. The molecule has 0 aliphatic heterocycles. The molecule has 0 saturated heterocycles. The molecule has 0 aliphatic rings. The second-order valence-electron chi connectivity index (χ2n) is 7.23. The summed E-state index contributed by atoms with van der Waals surface area (Å²) in [6.07, 6.45) is 22.4. The van der Waals surface area contributed by atoms with E-state index in [1.165, 1.54) is 96.3 Å².